The van der Waals surface area contributed by atoms with Gasteiger partial charge in [0.2, 0.25) is 0 Å². The third kappa shape index (κ3) is 5.63. The molecule has 8 heteroatoms. The van der Waals surface area contributed by atoms with Crippen molar-refractivity contribution in [1.82, 2.24) is 16.1 Å². The smallest absolute Gasteiger partial charge is 0.284 e. The molecule has 1 unspecified atom stereocenters. The average Bonchev–Trinajstić information content (AvgIpc) is 3.15. The summed E-state index contributed by atoms with van der Waals surface area (Å²) in [6.07, 6.45) is 0. The second-order valence-electron chi connectivity index (χ2n) is 6.53. The van der Waals surface area contributed by atoms with Crippen molar-refractivity contribution >= 4 is 29.1 Å². The van der Waals surface area contributed by atoms with Gasteiger partial charge in [0.1, 0.15) is 0 Å². The first kappa shape index (κ1) is 20.6. The standard InChI is InChI=1S/C19H23N3O4S/c1-11(2)10-20-17(23)14-6-4-13(5-7-14)12(3)21-18(24)15-8-9-16(27-15)19(25)22-26/h4-9,11-12,26H,10H2,1-3H3,(H,20,23)(H,21,24)(H,22,25). The second kappa shape index (κ2) is 9.29. The Morgan fingerprint density at radius 1 is 0.926 bits per heavy atom. The van der Waals surface area contributed by atoms with E-state index < -0.39 is 5.91 Å². The van der Waals surface area contributed by atoms with E-state index in [1.54, 1.807) is 24.3 Å². The van der Waals surface area contributed by atoms with Gasteiger partial charge in [-0.25, -0.2) is 5.48 Å². The van der Waals surface area contributed by atoms with Crippen LogP contribution in [0.4, 0.5) is 0 Å². The molecule has 2 rings (SSSR count). The van der Waals surface area contributed by atoms with E-state index in [1.807, 2.05) is 20.8 Å². The maximum Gasteiger partial charge on any atom is 0.284 e. The van der Waals surface area contributed by atoms with Crippen LogP contribution in [0.25, 0.3) is 0 Å². The van der Waals surface area contributed by atoms with Crippen LogP contribution >= 0.6 is 11.3 Å². The summed E-state index contributed by atoms with van der Waals surface area (Å²) in [6.45, 7) is 6.51. The number of hydrogen-bond donors (Lipinski definition) is 4. The zero-order valence-electron chi connectivity index (χ0n) is 15.4. The van der Waals surface area contributed by atoms with Gasteiger partial charge in [-0.3, -0.25) is 19.6 Å². The molecular weight excluding hydrogens is 366 g/mol. The molecule has 1 aromatic carbocycles. The summed E-state index contributed by atoms with van der Waals surface area (Å²) in [5, 5.41) is 14.3. The van der Waals surface area contributed by atoms with Gasteiger partial charge in [0.15, 0.2) is 0 Å². The van der Waals surface area contributed by atoms with E-state index in [4.69, 9.17) is 5.21 Å². The van der Waals surface area contributed by atoms with E-state index in [0.29, 0.717) is 22.9 Å². The highest BCUT2D eigenvalue weighted by Gasteiger charge is 2.16. The van der Waals surface area contributed by atoms with E-state index in [2.05, 4.69) is 10.6 Å². The number of carbonyl (C=O) groups is 3. The number of hydrogen-bond acceptors (Lipinski definition) is 5. The lowest BCUT2D eigenvalue weighted by atomic mass is 10.1. The van der Waals surface area contributed by atoms with Crippen LogP contribution < -0.4 is 16.1 Å². The molecule has 144 valence electrons. The van der Waals surface area contributed by atoms with Gasteiger partial charge in [0, 0.05) is 12.1 Å². The fourth-order valence-corrected chi connectivity index (χ4v) is 3.11. The van der Waals surface area contributed by atoms with Crippen LogP contribution in [-0.4, -0.2) is 29.5 Å². The van der Waals surface area contributed by atoms with Crippen molar-refractivity contribution in [1.29, 1.82) is 0 Å². The summed E-state index contributed by atoms with van der Waals surface area (Å²) in [4.78, 5) is 36.3. The van der Waals surface area contributed by atoms with Gasteiger partial charge in [0.05, 0.1) is 15.8 Å². The normalized spacial score (nSPS) is 11.7. The molecule has 0 fully saturated rings. The van der Waals surface area contributed by atoms with Crippen LogP contribution in [0.15, 0.2) is 36.4 Å². The minimum Gasteiger partial charge on any atom is -0.352 e. The average molecular weight is 389 g/mol. The molecule has 1 heterocycles. The van der Waals surface area contributed by atoms with Crippen LogP contribution in [-0.2, 0) is 0 Å². The van der Waals surface area contributed by atoms with Crippen molar-refractivity contribution in [2.24, 2.45) is 5.92 Å². The summed E-state index contributed by atoms with van der Waals surface area (Å²) in [5.74, 6) is -0.716. The number of nitrogens with one attached hydrogen (secondary N) is 3. The maximum absolute atomic E-state index is 12.3. The second-order valence-corrected chi connectivity index (χ2v) is 7.61. The highest BCUT2D eigenvalue weighted by Crippen LogP contribution is 2.19. The van der Waals surface area contributed by atoms with Crippen molar-refractivity contribution in [2.45, 2.75) is 26.8 Å². The molecule has 0 radical (unpaired) electrons. The zero-order chi connectivity index (χ0) is 20.0. The first-order valence-electron chi connectivity index (χ1n) is 8.55. The number of carbonyl (C=O) groups excluding carboxylic acids is 3. The lowest BCUT2D eigenvalue weighted by molar-refractivity contribution is 0.0711. The maximum atomic E-state index is 12.3. The molecule has 27 heavy (non-hydrogen) atoms. The predicted molar refractivity (Wildman–Crippen MR) is 103 cm³/mol. The van der Waals surface area contributed by atoms with Crippen LogP contribution in [0.5, 0.6) is 0 Å². The Morgan fingerprint density at radius 3 is 2.07 bits per heavy atom. The van der Waals surface area contributed by atoms with E-state index in [9.17, 15) is 14.4 Å². The van der Waals surface area contributed by atoms with Gasteiger partial charge in [-0.15, -0.1) is 11.3 Å². The molecule has 1 atom stereocenters. The van der Waals surface area contributed by atoms with Crippen LogP contribution in [0.3, 0.4) is 0 Å². The molecule has 0 saturated carbocycles. The lowest BCUT2D eigenvalue weighted by Gasteiger charge is -2.14. The summed E-state index contributed by atoms with van der Waals surface area (Å²) >= 11 is 0.988. The van der Waals surface area contributed by atoms with E-state index in [-0.39, 0.29) is 22.7 Å². The summed E-state index contributed by atoms with van der Waals surface area (Å²) < 4.78 is 0. The summed E-state index contributed by atoms with van der Waals surface area (Å²) in [6, 6.07) is 9.77. The molecule has 2 aromatic rings. The molecule has 0 saturated heterocycles. The number of benzene rings is 1. The molecule has 0 aliphatic carbocycles. The SMILES string of the molecule is CC(C)CNC(=O)c1ccc(C(C)NC(=O)c2ccc(C(=O)NO)s2)cc1. The number of hydroxylamine groups is 1. The zero-order valence-corrected chi connectivity index (χ0v) is 16.2. The Morgan fingerprint density at radius 2 is 1.52 bits per heavy atom. The first-order valence-corrected chi connectivity index (χ1v) is 9.36. The lowest BCUT2D eigenvalue weighted by Crippen LogP contribution is -2.28. The molecule has 4 N–H and O–H groups in total. The van der Waals surface area contributed by atoms with Crippen LogP contribution in [0.2, 0.25) is 0 Å². The third-order valence-corrected chi connectivity index (χ3v) is 4.93. The Kier molecular flexibility index (Phi) is 7.09. The Hall–Kier alpha value is -2.71. The molecule has 7 nitrogen and oxygen atoms in total. The van der Waals surface area contributed by atoms with Gasteiger partial charge in [-0.1, -0.05) is 26.0 Å². The van der Waals surface area contributed by atoms with Gasteiger partial charge < -0.3 is 10.6 Å². The fourth-order valence-electron chi connectivity index (χ4n) is 2.31. The number of thiophene rings is 1. The highest BCUT2D eigenvalue weighted by molar-refractivity contribution is 7.15. The quantitative estimate of drug-likeness (QED) is 0.431. The Labute approximate surface area is 161 Å². The van der Waals surface area contributed by atoms with Crippen molar-refractivity contribution in [3.05, 3.63) is 57.3 Å². The predicted octanol–water partition coefficient (Wildman–Crippen LogP) is 2.74. The Bertz CT molecular complexity index is 815. The van der Waals surface area contributed by atoms with Crippen molar-refractivity contribution in [3.63, 3.8) is 0 Å². The molecule has 0 spiro atoms. The largest absolute Gasteiger partial charge is 0.352 e. The van der Waals surface area contributed by atoms with E-state index >= 15 is 0 Å². The van der Waals surface area contributed by atoms with E-state index in [0.717, 1.165) is 16.9 Å². The van der Waals surface area contributed by atoms with Crippen molar-refractivity contribution < 1.29 is 19.6 Å². The van der Waals surface area contributed by atoms with Crippen molar-refractivity contribution in [3.8, 4) is 0 Å². The van der Waals surface area contributed by atoms with Gasteiger partial charge in [-0.2, -0.15) is 0 Å². The van der Waals surface area contributed by atoms with E-state index in [1.165, 1.54) is 17.6 Å². The van der Waals surface area contributed by atoms with Gasteiger partial charge in [0.25, 0.3) is 17.7 Å². The molecule has 0 aliphatic rings. The molecule has 1 aromatic heterocycles. The topological polar surface area (TPSA) is 108 Å². The van der Waals surface area contributed by atoms with Crippen molar-refractivity contribution in [2.75, 3.05) is 6.54 Å². The molecule has 0 aliphatic heterocycles. The van der Waals surface area contributed by atoms with Gasteiger partial charge in [-0.05, 0) is 42.7 Å². The Balaban J connectivity index is 1.98. The minimum atomic E-state index is -0.654. The molecule has 3 amide bonds. The fraction of sp³-hybridized carbons (Fsp3) is 0.316. The van der Waals surface area contributed by atoms with Crippen LogP contribution in [0, 0.1) is 5.92 Å². The van der Waals surface area contributed by atoms with Crippen LogP contribution in [0.1, 0.15) is 62.1 Å². The van der Waals surface area contributed by atoms with Gasteiger partial charge >= 0.3 is 0 Å². The summed E-state index contributed by atoms with van der Waals surface area (Å²) in [5.41, 5.74) is 2.96. The highest BCUT2D eigenvalue weighted by atomic mass is 32.1. The number of rotatable bonds is 7. The molecule has 0 bridgehead atoms. The monoisotopic (exact) mass is 389 g/mol. The minimum absolute atomic E-state index is 0.125. The first-order chi connectivity index (χ1) is 12.8. The summed E-state index contributed by atoms with van der Waals surface area (Å²) in [7, 11) is 0. The third-order valence-electron chi connectivity index (χ3n) is 3.85. The molecular formula is C19H23N3O4S. The number of amides is 3.